The minimum absolute atomic E-state index is 0.0897. The average molecular weight is 499 g/mol. The molecule has 0 spiro atoms. The number of benzene rings is 1. The lowest BCUT2D eigenvalue weighted by Gasteiger charge is -2.48. The number of hydrogen-bond acceptors (Lipinski definition) is 9. The van der Waals surface area contributed by atoms with Crippen molar-refractivity contribution in [3.05, 3.63) is 40.5 Å². The zero-order valence-corrected chi connectivity index (χ0v) is 19.7. The third kappa shape index (κ3) is 3.46. The normalized spacial score (nSPS) is 36.3. The summed E-state index contributed by atoms with van der Waals surface area (Å²) in [5, 5.41) is 43.5. The summed E-state index contributed by atoms with van der Waals surface area (Å²) in [5.41, 5.74) is 5.87. The molecule has 0 saturated heterocycles. The Kier molecular flexibility index (Phi) is 5.65. The number of nitrogens with two attached hydrogens (primary N) is 1. The second kappa shape index (κ2) is 8.32. The number of rotatable bonds is 3. The quantitative estimate of drug-likeness (QED) is 0.386. The molecule has 184 valence electrons. The van der Waals surface area contributed by atoms with Gasteiger partial charge in [0.15, 0.2) is 11.4 Å². The number of aliphatic imine (C=N–C) groups is 1. The largest absolute Gasteiger partial charge is 0.507 e. The van der Waals surface area contributed by atoms with Gasteiger partial charge in [-0.05, 0) is 49.3 Å². The molecule has 1 aromatic carbocycles. The fourth-order valence-corrected chi connectivity index (χ4v) is 6.78. The van der Waals surface area contributed by atoms with Crippen LogP contribution in [0.4, 0.5) is 0 Å². The van der Waals surface area contributed by atoms with Gasteiger partial charge < -0.3 is 26.2 Å². The van der Waals surface area contributed by atoms with E-state index in [0.717, 1.165) is 5.56 Å². The number of ketones is 2. The molecule has 1 amide bonds. The van der Waals surface area contributed by atoms with Gasteiger partial charge in [0.1, 0.15) is 17.4 Å². The standard InChI is InChI=1S/C25H26N2O7S/c1-10-17(35-9-27-10)5-3-11-2-4-15(28)19-14(11)7-12-6-13-8-16(29)20(24(26)33)23(32)25(13,34)22(31)18(12)21(19)30/h2-5,9-10,12-13,16-17,20,28-30,34H,6-8H2,1H3,(H2,26,33)/b5-3+/t10?,12-,13+,16?,17?,20?,25+/m1/s1. The minimum atomic E-state index is -2.57. The first-order valence-corrected chi connectivity index (χ1v) is 12.4. The van der Waals surface area contributed by atoms with Gasteiger partial charge in [0.25, 0.3) is 0 Å². The number of aliphatic hydroxyl groups is 3. The smallest absolute Gasteiger partial charge is 0.230 e. The third-order valence-corrected chi connectivity index (χ3v) is 8.87. The highest BCUT2D eigenvalue weighted by molar-refractivity contribution is 8.13. The molecule has 0 radical (unpaired) electrons. The molecule has 2 fully saturated rings. The van der Waals surface area contributed by atoms with Crippen molar-refractivity contribution in [3.63, 3.8) is 0 Å². The van der Waals surface area contributed by atoms with Crippen molar-refractivity contribution < 1.29 is 34.8 Å². The van der Waals surface area contributed by atoms with E-state index < -0.39 is 52.7 Å². The highest BCUT2D eigenvalue weighted by Crippen LogP contribution is 2.51. The monoisotopic (exact) mass is 498 g/mol. The number of aliphatic hydroxyl groups excluding tert-OH is 2. The predicted octanol–water partition coefficient (Wildman–Crippen LogP) is 1.13. The second-order valence-electron chi connectivity index (χ2n) is 9.72. The first-order chi connectivity index (χ1) is 16.6. The molecule has 3 aliphatic carbocycles. The number of phenols is 1. The van der Waals surface area contributed by atoms with Crippen LogP contribution in [0.2, 0.25) is 0 Å². The van der Waals surface area contributed by atoms with E-state index in [-0.39, 0.29) is 47.4 Å². The van der Waals surface area contributed by atoms with E-state index in [1.807, 2.05) is 24.6 Å². The van der Waals surface area contributed by atoms with Gasteiger partial charge in [0.05, 0.1) is 28.5 Å². The number of aromatic hydroxyl groups is 1. The van der Waals surface area contributed by atoms with Crippen LogP contribution >= 0.6 is 11.8 Å². The van der Waals surface area contributed by atoms with Crippen LogP contribution in [0.25, 0.3) is 11.8 Å². The zero-order valence-electron chi connectivity index (χ0n) is 18.9. The summed E-state index contributed by atoms with van der Waals surface area (Å²) in [4.78, 5) is 42.7. The Hall–Kier alpha value is -2.95. The Morgan fingerprint density at radius 3 is 2.66 bits per heavy atom. The Labute approximate surface area is 205 Å². The van der Waals surface area contributed by atoms with Crippen LogP contribution in [0, 0.1) is 17.8 Å². The van der Waals surface area contributed by atoms with Gasteiger partial charge >= 0.3 is 0 Å². The molecule has 2 saturated carbocycles. The lowest BCUT2D eigenvalue weighted by Crippen LogP contribution is -2.66. The summed E-state index contributed by atoms with van der Waals surface area (Å²) in [6.45, 7) is 2.01. The summed E-state index contributed by atoms with van der Waals surface area (Å²) in [6, 6.07) is 3.28. The van der Waals surface area contributed by atoms with E-state index in [2.05, 4.69) is 4.99 Å². The number of nitrogens with zero attached hydrogens (tertiary/aromatic N) is 1. The molecule has 5 rings (SSSR count). The van der Waals surface area contributed by atoms with Gasteiger partial charge in [-0.1, -0.05) is 18.2 Å². The van der Waals surface area contributed by atoms with Gasteiger partial charge in [-0.2, -0.15) is 0 Å². The molecular formula is C25H26N2O7S. The van der Waals surface area contributed by atoms with Crippen LogP contribution in [0.5, 0.6) is 5.75 Å². The summed E-state index contributed by atoms with van der Waals surface area (Å²) in [6.07, 6.45) is 2.79. The predicted molar refractivity (Wildman–Crippen MR) is 130 cm³/mol. The lowest BCUT2D eigenvalue weighted by atomic mass is 9.56. The maximum Gasteiger partial charge on any atom is 0.230 e. The van der Waals surface area contributed by atoms with Crippen molar-refractivity contribution in [1.29, 1.82) is 0 Å². The van der Waals surface area contributed by atoms with E-state index in [4.69, 9.17) is 5.73 Å². The first-order valence-electron chi connectivity index (χ1n) is 11.5. The molecule has 1 aromatic rings. The van der Waals surface area contributed by atoms with E-state index in [1.165, 1.54) is 6.07 Å². The molecule has 4 aliphatic rings. The molecule has 1 heterocycles. The average Bonchev–Trinajstić information content (AvgIpc) is 3.20. The third-order valence-electron chi connectivity index (χ3n) is 7.76. The zero-order chi connectivity index (χ0) is 25.2. The topological polar surface area (TPSA) is 171 Å². The fourth-order valence-electron chi connectivity index (χ4n) is 5.91. The van der Waals surface area contributed by atoms with Crippen molar-refractivity contribution in [2.45, 2.75) is 49.2 Å². The van der Waals surface area contributed by atoms with Gasteiger partial charge in [-0.25, -0.2) is 0 Å². The number of carbonyl (C=O) groups excluding carboxylic acids is 3. The Balaban J connectivity index is 1.58. The molecule has 0 bridgehead atoms. The number of carbonyl (C=O) groups is 3. The van der Waals surface area contributed by atoms with Crippen LogP contribution in [-0.2, 0) is 20.8 Å². The van der Waals surface area contributed by atoms with Crippen molar-refractivity contribution in [2.24, 2.45) is 28.5 Å². The number of Topliss-reactive ketones (excluding diaryl/α,β-unsaturated/α-hetero) is 2. The summed E-state index contributed by atoms with van der Waals surface area (Å²) >= 11 is 1.60. The summed E-state index contributed by atoms with van der Waals surface area (Å²) < 4.78 is 0. The van der Waals surface area contributed by atoms with Crippen molar-refractivity contribution in [2.75, 3.05) is 0 Å². The maximum absolute atomic E-state index is 13.5. The Bertz CT molecular complexity index is 1240. The molecule has 6 N–H and O–H groups in total. The number of hydrogen-bond donors (Lipinski definition) is 5. The Morgan fingerprint density at radius 2 is 2.00 bits per heavy atom. The van der Waals surface area contributed by atoms with Crippen molar-refractivity contribution in [3.8, 4) is 5.75 Å². The highest BCUT2D eigenvalue weighted by atomic mass is 32.2. The van der Waals surface area contributed by atoms with Gasteiger partial charge in [-0.15, -0.1) is 11.8 Å². The number of amides is 1. The molecule has 9 nitrogen and oxygen atoms in total. The number of fused-ring (bicyclic) bond motifs is 3. The van der Waals surface area contributed by atoms with Crippen LogP contribution in [0.1, 0.15) is 36.5 Å². The molecule has 4 unspecified atom stereocenters. The van der Waals surface area contributed by atoms with Gasteiger partial charge in [0.2, 0.25) is 11.7 Å². The van der Waals surface area contributed by atoms with Crippen LogP contribution in [0.15, 0.2) is 28.8 Å². The molecule has 10 heteroatoms. The molecule has 7 atom stereocenters. The van der Waals surface area contributed by atoms with E-state index in [9.17, 15) is 34.8 Å². The van der Waals surface area contributed by atoms with Gasteiger partial charge in [0, 0.05) is 11.5 Å². The number of thioether (sulfide) groups is 1. The fraction of sp³-hybridized carbons (Fsp3) is 0.440. The van der Waals surface area contributed by atoms with E-state index in [0.29, 0.717) is 5.56 Å². The summed E-state index contributed by atoms with van der Waals surface area (Å²) in [7, 11) is 0. The second-order valence-corrected chi connectivity index (χ2v) is 10.7. The van der Waals surface area contributed by atoms with Crippen LogP contribution in [-0.4, -0.2) is 66.4 Å². The molecular weight excluding hydrogens is 472 g/mol. The first kappa shape index (κ1) is 23.8. The SMILES string of the molecule is CC1N=CSC1/C=C/c1ccc(O)c2c1C[C@H]1C[C@H]3CC(O)C(C(N)=O)C(=O)[C@@]3(O)C(=O)C1=C2O. The summed E-state index contributed by atoms with van der Waals surface area (Å²) in [5.74, 6) is -7.15. The van der Waals surface area contributed by atoms with Crippen molar-refractivity contribution >= 4 is 46.6 Å². The molecule has 1 aliphatic heterocycles. The minimum Gasteiger partial charge on any atom is -0.507 e. The van der Waals surface area contributed by atoms with E-state index in [1.54, 1.807) is 17.8 Å². The number of phenolic OH excluding ortho intramolecular Hbond substituents is 1. The lowest BCUT2D eigenvalue weighted by molar-refractivity contribution is -0.174. The Morgan fingerprint density at radius 1 is 1.26 bits per heavy atom. The number of primary amides is 1. The van der Waals surface area contributed by atoms with Crippen molar-refractivity contribution in [1.82, 2.24) is 0 Å². The van der Waals surface area contributed by atoms with Crippen LogP contribution in [0.3, 0.4) is 0 Å². The maximum atomic E-state index is 13.5. The molecule has 35 heavy (non-hydrogen) atoms. The highest BCUT2D eigenvalue weighted by Gasteiger charge is 2.63. The van der Waals surface area contributed by atoms with Crippen LogP contribution < -0.4 is 5.73 Å². The van der Waals surface area contributed by atoms with E-state index >= 15 is 0 Å². The van der Waals surface area contributed by atoms with Gasteiger partial charge in [-0.3, -0.25) is 19.4 Å². The molecule has 0 aromatic heterocycles.